The van der Waals surface area contributed by atoms with Crippen LogP contribution in [0.15, 0.2) is 12.2 Å². The number of hydrogen-bond acceptors (Lipinski definition) is 1. The summed E-state index contributed by atoms with van der Waals surface area (Å²) in [5, 5.41) is 0. The first kappa shape index (κ1) is 16.0. The molecule has 0 radical (unpaired) electrons. The largest absolute Gasteiger partial charge is 0.175 e. The van der Waals surface area contributed by atoms with Crippen molar-refractivity contribution in [3.63, 3.8) is 0 Å². The molecule has 6 unspecified atom stereocenters. The molecule has 0 aliphatic heterocycles. The molecule has 0 aromatic rings. The fourth-order valence-corrected chi connectivity index (χ4v) is 6.92. The normalized spacial score (nSPS) is 49.5. The first-order valence-electron chi connectivity index (χ1n) is 9.25. The summed E-state index contributed by atoms with van der Waals surface area (Å²) in [5.41, 5.74) is 2.58. The summed E-state index contributed by atoms with van der Waals surface area (Å²) in [6.07, 6.45) is 11.6. The summed E-state index contributed by atoms with van der Waals surface area (Å²) >= 11 is 4.52. The third kappa shape index (κ3) is 2.33. The molecule has 0 amide bonds. The molecule has 0 heterocycles. The zero-order valence-electron chi connectivity index (χ0n) is 14.3. The number of rotatable bonds is 3. The molecule has 0 bridgehead atoms. The van der Waals surface area contributed by atoms with Crippen LogP contribution in [-0.4, -0.2) is 5.75 Å². The molecule has 6 atom stereocenters. The second-order valence-corrected chi connectivity index (χ2v) is 9.08. The van der Waals surface area contributed by atoms with Crippen LogP contribution in [0, 0.1) is 34.5 Å². The van der Waals surface area contributed by atoms with Crippen LogP contribution in [0.1, 0.15) is 72.1 Å². The van der Waals surface area contributed by atoms with Gasteiger partial charge in [-0.2, -0.15) is 12.6 Å². The van der Waals surface area contributed by atoms with Crippen LogP contribution in [0.3, 0.4) is 0 Å². The highest BCUT2D eigenvalue weighted by Gasteiger charge is 2.57. The fourth-order valence-electron chi connectivity index (χ4n) is 6.70. The minimum atomic E-state index is 0.535. The SMILES string of the molecule is C=C(CS)C1CCC2C3CCCC(C)(CC)C3CCC12C. The third-order valence-electron chi connectivity index (χ3n) is 8.12. The van der Waals surface area contributed by atoms with Crippen molar-refractivity contribution < 1.29 is 0 Å². The van der Waals surface area contributed by atoms with Gasteiger partial charge in [-0.15, -0.1) is 0 Å². The molecule has 0 spiro atoms. The highest BCUT2D eigenvalue weighted by molar-refractivity contribution is 7.80. The molecule has 3 rings (SSSR count). The van der Waals surface area contributed by atoms with Crippen LogP contribution in [0.2, 0.25) is 0 Å². The van der Waals surface area contributed by atoms with E-state index in [0.29, 0.717) is 10.8 Å². The number of fused-ring (bicyclic) bond motifs is 3. The van der Waals surface area contributed by atoms with Gasteiger partial charge in [-0.3, -0.25) is 0 Å². The average molecular weight is 307 g/mol. The van der Waals surface area contributed by atoms with E-state index in [4.69, 9.17) is 0 Å². The fraction of sp³-hybridized carbons (Fsp3) is 0.900. The van der Waals surface area contributed by atoms with Gasteiger partial charge in [0.25, 0.3) is 0 Å². The van der Waals surface area contributed by atoms with E-state index in [9.17, 15) is 0 Å². The molecule has 120 valence electrons. The number of hydrogen-bond donors (Lipinski definition) is 1. The van der Waals surface area contributed by atoms with E-state index in [-0.39, 0.29) is 0 Å². The zero-order chi connectivity index (χ0) is 15.3. The van der Waals surface area contributed by atoms with Crippen molar-refractivity contribution in [2.24, 2.45) is 34.5 Å². The van der Waals surface area contributed by atoms with E-state index < -0.39 is 0 Å². The second-order valence-electron chi connectivity index (χ2n) is 8.77. The molecule has 0 aromatic heterocycles. The highest BCUT2D eigenvalue weighted by Crippen LogP contribution is 2.65. The van der Waals surface area contributed by atoms with Crippen LogP contribution >= 0.6 is 12.6 Å². The topological polar surface area (TPSA) is 0 Å². The maximum Gasteiger partial charge on any atom is 0.0113 e. The van der Waals surface area contributed by atoms with Crippen LogP contribution in [0.4, 0.5) is 0 Å². The van der Waals surface area contributed by atoms with Gasteiger partial charge in [-0.05, 0) is 73.0 Å². The Bertz CT molecular complexity index is 414. The Balaban J connectivity index is 1.87. The van der Waals surface area contributed by atoms with E-state index in [2.05, 4.69) is 40.0 Å². The predicted octanol–water partition coefficient (Wildman–Crippen LogP) is 6.13. The van der Waals surface area contributed by atoms with Gasteiger partial charge in [0.15, 0.2) is 0 Å². The minimum Gasteiger partial charge on any atom is -0.175 e. The molecule has 3 fully saturated rings. The predicted molar refractivity (Wildman–Crippen MR) is 95.8 cm³/mol. The Kier molecular flexibility index (Phi) is 4.27. The molecule has 0 nitrogen and oxygen atoms in total. The van der Waals surface area contributed by atoms with E-state index >= 15 is 0 Å². The summed E-state index contributed by atoms with van der Waals surface area (Å²) in [7, 11) is 0. The van der Waals surface area contributed by atoms with E-state index in [1.54, 1.807) is 0 Å². The van der Waals surface area contributed by atoms with Crippen LogP contribution < -0.4 is 0 Å². The molecule has 0 aromatic carbocycles. The maximum atomic E-state index is 4.52. The van der Waals surface area contributed by atoms with Crippen molar-refractivity contribution in [1.82, 2.24) is 0 Å². The lowest BCUT2D eigenvalue weighted by molar-refractivity contribution is -0.0654. The smallest absolute Gasteiger partial charge is 0.0113 e. The van der Waals surface area contributed by atoms with E-state index in [1.165, 1.54) is 56.9 Å². The van der Waals surface area contributed by atoms with Crippen molar-refractivity contribution in [2.75, 3.05) is 5.75 Å². The number of thiol groups is 1. The molecule has 1 heteroatoms. The van der Waals surface area contributed by atoms with Crippen molar-refractivity contribution in [1.29, 1.82) is 0 Å². The van der Waals surface area contributed by atoms with Gasteiger partial charge in [-0.25, -0.2) is 0 Å². The first-order chi connectivity index (χ1) is 9.96. The first-order valence-corrected chi connectivity index (χ1v) is 9.88. The van der Waals surface area contributed by atoms with Crippen molar-refractivity contribution in [2.45, 2.75) is 72.1 Å². The van der Waals surface area contributed by atoms with Crippen LogP contribution in [-0.2, 0) is 0 Å². The molecule has 3 aliphatic carbocycles. The summed E-state index contributed by atoms with van der Waals surface area (Å²) < 4.78 is 0. The molecular weight excluding hydrogens is 272 g/mol. The van der Waals surface area contributed by atoms with E-state index in [0.717, 1.165) is 29.4 Å². The molecule has 0 saturated heterocycles. The monoisotopic (exact) mass is 306 g/mol. The lowest BCUT2D eigenvalue weighted by Gasteiger charge is -2.56. The molecule has 3 aliphatic rings. The van der Waals surface area contributed by atoms with Gasteiger partial charge in [0.05, 0.1) is 0 Å². The summed E-state index contributed by atoms with van der Waals surface area (Å²) in [5.74, 6) is 4.59. The van der Waals surface area contributed by atoms with Crippen LogP contribution in [0.5, 0.6) is 0 Å². The molecule has 0 N–H and O–H groups in total. The van der Waals surface area contributed by atoms with Crippen molar-refractivity contribution >= 4 is 12.6 Å². The molecule has 3 saturated carbocycles. The van der Waals surface area contributed by atoms with Gasteiger partial charge in [0.1, 0.15) is 0 Å². The van der Waals surface area contributed by atoms with Crippen molar-refractivity contribution in [3.05, 3.63) is 12.2 Å². The Labute approximate surface area is 137 Å². The molecule has 21 heavy (non-hydrogen) atoms. The Hall–Kier alpha value is 0.0900. The Morgan fingerprint density at radius 1 is 1.10 bits per heavy atom. The standard InChI is InChI=1S/C20H34S/c1-5-19(3)11-6-7-15-17(19)10-12-20(4)16(14(2)13-21)8-9-18(15)20/h15-18,21H,2,5-13H2,1,3-4H3. The van der Waals surface area contributed by atoms with Gasteiger partial charge >= 0.3 is 0 Å². The Morgan fingerprint density at radius 3 is 2.52 bits per heavy atom. The Morgan fingerprint density at radius 2 is 1.86 bits per heavy atom. The minimum absolute atomic E-state index is 0.535. The third-order valence-corrected chi connectivity index (χ3v) is 8.53. The van der Waals surface area contributed by atoms with Gasteiger partial charge in [0.2, 0.25) is 0 Å². The lowest BCUT2D eigenvalue weighted by Crippen LogP contribution is -2.48. The summed E-state index contributed by atoms with van der Waals surface area (Å²) in [6.45, 7) is 12.0. The van der Waals surface area contributed by atoms with Crippen molar-refractivity contribution in [3.8, 4) is 0 Å². The van der Waals surface area contributed by atoms with E-state index in [1.807, 2.05) is 0 Å². The lowest BCUT2D eigenvalue weighted by atomic mass is 9.48. The quantitative estimate of drug-likeness (QED) is 0.470. The summed E-state index contributed by atoms with van der Waals surface area (Å²) in [6, 6.07) is 0. The van der Waals surface area contributed by atoms with Gasteiger partial charge in [-0.1, -0.05) is 45.8 Å². The van der Waals surface area contributed by atoms with Crippen LogP contribution in [0.25, 0.3) is 0 Å². The highest BCUT2D eigenvalue weighted by atomic mass is 32.1. The van der Waals surface area contributed by atoms with Gasteiger partial charge < -0.3 is 0 Å². The summed E-state index contributed by atoms with van der Waals surface area (Å²) in [4.78, 5) is 0. The second kappa shape index (κ2) is 5.62. The van der Waals surface area contributed by atoms with Gasteiger partial charge in [0, 0.05) is 5.75 Å². The maximum absolute atomic E-state index is 4.52. The molecular formula is C20H34S. The average Bonchev–Trinajstić information content (AvgIpc) is 2.84. The zero-order valence-corrected chi connectivity index (χ0v) is 15.2.